The number of nitrogens with one attached hydrogen (secondary N) is 1. The second kappa shape index (κ2) is 11.6. The molecule has 0 radical (unpaired) electrons. The molecular formula is C23H26N6O3. The van der Waals surface area contributed by atoms with E-state index in [0.717, 1.165) is 24.2 Å². The van der Waals surface area contributed by atoms with Crippen LogP contribution in [0, 0.1) is 17.0 Å². The zero-order valence-electron chi connectivity index (χ0n) is 18.0. The lowest BCUT2D eigenvalue weighted by atomic mass is 9.87. The Kier molecular flexibility index (Phi) is 8.30. The second-order valence-electron chi connectivity index (χ2n) is 7.70. The number of anilines is 1. The molecule has 0 atom stereocenters. The molecule has 1 fully saturated rings. The van der Waals surface area contributed by atoms with E-state index in [9.17, 15) is 14.9 Å². The van der Waals surface area contributed by atoms with E-state index in [-0.39, 0.29) is 18.0 Å². The van der Waals surface area contributed by atoms with Crippen LogP contribution < -0.4 is 5.32 Å². The molecule has 0 spiro atoms. The smallest absolute Gasteiger partial charge is 0.269 e. The average molecular weight is 435 g/mol. The van der Waals surface area contributed by atoms with Gasteiger partial charge in [0, 0.05) is 24.2 Å². The SMILES string of the molecule is Cc1cccnn1.O=C(Cc1cccc([N+](=O)[O-])c1)Nc1ccc(C2CCCCC2)nn1. The summed E-state index contributed by atoms with van der Waals surface area (Å²) in [7, 11) is 0. The maximum atomic E-state index is 12.1. The maximum absolute atomic E-state index is 12.1. The highest BCUT2D eigenvalue weighted by atomic mass is 16.6. The van der Waals surface area contributed by atoms with Crippen LogP contribution in [0.1, 0.15) is 55.0 Å². The van der Waals surface area contributed by atoms with Crippen molar-refractivity contribution in [2.24, 2.45) is 0 Å². The Labute approximate surface area is 186 Å². The van der Waals surface area contributed by atoms with Gasteiger partial charge in [0.2, 0.25) is 5.91 Å². The summed E-state index contributed by atoms with van der Waals surface area (Å²) in [4.78, 5) is 22.4. The molecule has 1 aliphatic rings. The van der Waals surface area contributed by atoms with Gasteiger partial charge in [-0.3, -0.25) is 14.9 Å². The van der Waals surface area contributed by atoms with Crippen LogP contribution >= 0.6 is 0 Å². The molecule has 0 unspecified atom stereocenters. The fraction of sp³-hybridized carbons (Fsp3) is 0.348. The number of hydrogen-bond donors (Lipinski definition) is 1. The normalized spacial score (nSPS) is 13.5. The highest BCUT2D eigenvalue weighted by Crippen LogP contribution is 2.31. The summed E-state index contributed by atoms with van der Waals surface area (Å²) < 4.78 is 0. The fourth-order valence-corrected chi connectivity index (χ4v) is 3.56. The van der Waals surface area contributed by atoms with Crippen LogP contribution in [0.2, 0.25) is 0 Å². The van der Waals surface area contributed by atoms with Crippen LogP contribution in [0.3, 0.4) is 0 Å². The van der Waals surface area contributed by atoms with Crippen molar-refractivity contribution >= 4 is 17.4 Å². The maximum Gasteiger partial charge on any atom is 0.269 e. The number of non-ortho nitro benzene ring substituents is 1. The van der Waals surface area contributed by atoms with Gasteiger partial charge in [-0.05, 0) is 49.6 Å². The van der Waals surface area contributed by atoms with Crippen molar-refractivity contribution in [3.8, 4) is 0 Å². The molecule has 4 rings (SSSR count). The van der Waals surface area contributed by atoms with Gasteiger partial charge in [0.25, 0.3) is 5.69 Å². The monoisotopic (exact) mass is 434 g/mol. The topological polar surface area (TPSA) is 124 Å². The van der Waals surface area contributed by atoms with Crippen LogP contribution in [0.4, 0.5) is 11.5 Å². The first-order valence-electron chi connectivity index (χ1n) is 10.6. The highest BCUT2D eigenvalue weighted by Gasteiger charge is 2.17. The fourth-order valence-electron chi connectivity index (χ4n) is 3.56. The minimum Gasteiger partial charge on any atom is -0.309 e. The Balaban J connectivity index is 0.000000352. The Morgan fingerprint density at radius 3 is 2.47 bits per heavy atom. The summed E-state index contributed by atoms with van der Waals surface area (Å²) in [5, 5.41) is 29.2. The molecule has 1 aliphatic carbocycles. The zero-order valence-corrected chi connectivity index (χ0v) is 18.0. The van der Waals surface area contributed by atoms with Crippen molar-refractivity contribution in [3.63, 3.8) is 0 Å². The second-order valence-corrected chi connectivity index (χ2v) is 7.70. The lowest BCUT2D eigenvalue weighted by Gasteiger charge is -2.20. The van der Waals surface area contributed by atoms with Crippen molar-refractivity contribution in [1.82, 2.24) is 20.4 Å². The van der Waals surface area contributed by atoms with Gasteiger partial charge in [0.05, 0.1) is 22.7 Å². The summed E-state index contributed by atoms with van der Waals surface area (Å²) in [6.45, 7) is 1.91. The summed E-state index contributed by atoms with van der Waals surface area (Å²) in [6.07, 6.45) is 7.75. The van der Waals surface area contributed by atoms with Crippen LogP contribution in [-0.2, 0) is 11.2 Å². The van der Waals surface area contributed by atoms with Crippen LogP contribution in [-0.4, -0.2) is 31.2 Å². The van der Waals surface area contributed by atoms with E-state index in [1.165, 1.54) is 31.4 Å². The molecule has 166 valence electrons. The number of benzene rings is 1. The number of aryl methyl sites for hydroxylation is 1. The number of amides is 1. The predicted molar refractivity (Wildman–Crippen MR) is 120 cm³/mol. The molecule has 1 amide bonds. The number of carbonyl (C=O) groups excluding carboxylic acids is 1. The van der Waals surface area contributed by atoms with Gasteiger partial charge in [-0.1, -0.05) is 31.4 Å². The first-order chi connectivity index (χ1) is 15.5. The molecular weight excluding hydrogens is 408 g/mol. The minimum atomic E-state index is -0.475. The predicted octanol–water partition coefficient (Wildman–Crippen LogP) is 4.40. The first kappa shape index (κ1) is 22.9. The van der Waals surface area contributed by atoms with Gasteiger partial charge < -0.3 is 5.32 Å². The molecule has 2 heterocycles. The van der Waals surface area contributed by atoms with Crippen LogP contribution in [0.15, 0.2) is 54.7 Å². The molecule has 1 saturated carbocycles. The molecule has 32 heavy (non-hydrogen) atoms. The molecule has 0 bridgehead atoms. The van der Waals surface area contributed by atoms with E-state index in [4.69, 9.17) is 0 Å². The van der Waals surface area contributed by atoms with Crippen molar-refractivity contribution < 1.29 is 9.72 Å². The van der Waals surface area contributed by atoms with E-state index in [2.05, 4.69) is 25.7 Å². The molecule has 0 aliphatic heterocycles. The molecule has 9 heteroatoms. The summed E-state index contributed by atoms with van der Waals surface area (Å²) >= 11 is 0. The number of hydrogen-bond acceptors (Lipinski definition) is 7. The van der Waals surface area contributed by atoms with Crippen LogP contribution in [0.5, 0.6) is 0 Å². The van der Waals surface area contributed by atoms with E-state index in [1.54, 1.807) is 24.4 Å². The van der Waals surface area contributed by atoms with Crippen molar-refractivity contribution in [2.45, 2.75) is 51.4 Å². The van der Waals surface area contributed by atoms with Gasteiger partial charge in [-0.15, -0.1) is 5.10 Å². The van der Waals surface area contributed by atoms with E-state index < -0.39 is 4.92 Å². The van der Waals surface area contributed by atoms with Crippen molar-refractivity contribution in [3.05, 3.63) is 81.8 Å². The Hall–Kier alpha value is -3.75. The van der Waals surface area contributed by atoms with Gasteiger partial charge >= 0.3 is 0 Å². The lowest BCUT2D eigenvalue weighted by Crippen LogP contribution is -2.16. The number of nitro benzene ring substituents is 1. The first-order valence-corrected chi connectivity index (χ1v) is 10.6. The third-order valence-electron chi connectivity index (χ3n) is 5.17. The summed E-state index contributed by atoms with van der Waals surface area (Å²) in [5.74, 6) is 0.589. The van der Waals surface area contributed by atoms with E-state index >= 15 is 0 Å². The number of carbonyl (C=O) groups is 1. The Bertz CT molecular complexity index is 1020. The van der Waals surface area contributed by atoms with E-state index in [1.807, 2.05) is 25.1 Å². The third kappa shape index (κ3) is 7.19. The molecule has 1 aromatic carbocycles. The third-order valence-corrected chi connectivity index (χ3v) is 5.17. The quantitative estimate of drug-likeness (QED) is 0.466. The van der Waals surface area contributed by atoms with Gasteiger partial charge in [-0.25, -0.2) is 0 Å². The minimum absolute atomic E-state index is 0.0260. The number of aromatic nitrogens is 4. The Morgan fingerprint density at radius 2 is 1.88 bits per heavy atom. The van der Waals surface area contributed by atoms with E-state index in [0.29, 0.717) is 17.3 Å². The van der Waals surface area contributed by atoms with Crippen LogP contribution in [0.25, 0.3) is 0 Å². The standard InChI is InChI=1S/C18H20N4O3.C5H6N2/c23-18(12-13-5-4-8-15(11-13)22(24)25)19-17-10-9-16(20-21-17)14-6-2-1-3-7-14;1-5-3-2-4-6-7-5/h4-5,8-11,14H,1-3,6-7,12H2,(H,19,21,23);2-4H,1H3. The molecule has 3 aromatic rings. The zero-order chi connectivity index (χ0) is 22.8. The lowest BCUT2D eigenvalue weighted by molar-refractivity contribution is -0.384. The largest absolute Gasteiger partial charge is 0.309 e. The molecule has 2 aromatic heterocycles. The van der Waals surface area contributed by atoms with Gasteiger partial charge in [0.1, 0.15) is 0 Å². The molecule has 0 saturated heterocycles. The van der Waals surface area contributed by atoms with Crippen molar-refractivity contribution in [1.29, 1.82) is 0 Å². The number of nitro groups is 1. The number of rotatable bonds is 5. The van der Waals surface area contributed by atoms with Crippen molar-refractivity contribution in [2.75, 3.05) is 5.32 Å². The highest BCUT2D eigenvalue weighted by molar-refractivity contribution is 5.91. The summed E-state index contributed by atoms with van der Waals surface area (Å²) in [5.41, 5.74) is 2.50. The Morgan fingerprint density at radius 1 is 1.06 bits per heavy atom. The molecule has 9 nitrogen and oxygen atoms in total. The number of nitrogens with zero attached hydrogens (tertiary/aromatic N) is 5. The molecule has 1 N–H and O–H groups in total. The summed E-state index contributed by atoms with van der Waals surface area (Å²) in [6, 6.07) is 13.5. The van der Waals surface area contributed by atoms with Gasteiger partial charge in [0.15, 0.2) is 5.82 Å². The average Bonchev–Trinajstić information content (AvgIpc) is 2.81. The van der Waals surface area contributed by atoms with Gasteiger partial charge in [-0.2, -0.15) is 15.3 Å².